The molecule has 4 nitrogen and oxygen atoms in total. The maximum absolute atomic E-state index is 11.0. The number of hydrogen-bond donors (Lipinski definition) is 2. The van der Waals surface area contributed by atoms with E-state index in [1.54, 1.807) is 0 Å². The Morgan fingerprint density at radius 3 is 3.09 bits per heavy atom. The molecule has 0 aliphatic rings. The molecule has 0 radical (unpaired) electrons. The van der Waals surface area contributed by atoms with E-state index in [9.17, 15) is 4.79 Å². The Morgan fingerprint density at radius 1 is 1.45 bits per heavy atom. The average molecular weight is 170 g/mol. The lowest BCUT2D eigenvalue weighted by molar-refractivity contribution is 1.08. The van der Waals surface area contributed by atoms with Gasteiger partial charge in [-0.15, -0.1) is 0 Å². The van der Waals surface area contributed by atoms with E-state index in [1.807, 2.05) is 0 Å². The zero-order chi connectivity index (χ0) is 7.84. The van der Waals surface area contributed by atoms with Crippen molar-refractivity contribution in [3.05, 3.63) is 27.8 Å². The fourth-order valence-electron chi connectivity index (χ4n) is 0.909. The monoisotopic (exact) mass is 169 g/mol. The van der Waals surface area contributed by atoms with E-state index in [2.05, 4.69) is 15.2 Å². The maximum atomic E-state index is 11.0. The van der Waals surface area contributed by atoms with Gasteiger partial charge in [-0.2, -0.15) is 0 Å². The van der Waals surface area contributed by atoms with Gasteiger partial charge in [0, 0.05) is 0 Å². The number of H-pyrrole nitrogens is 2. The predicted octanol–water partition coefficient (Wildman–Crippen LogP) is 0.905. The van der Waals surface area contributed by atoms with Crippen LogP contribution >= 0.6 is 11.6 Å². The lowest BCUT2D eigenvalue weighted by Crippen LogP contribution is -1.97. The van der Waals surface area contributed by atoms with Crippen molar-refractivity contribution in [2.24, 2.45) is 0 Å². The van der Waals surface area contributed by atoms with Crippen molar-refractivity contribution >= 4 is 22.5 Å². The highest BCUT2D eigenvalue weighted by Crippen LogP contribution is 2.09. The molecule has 0 aliphatic carbocycles. The summed E-state index contributed by atoms with van der Waals surface area (Å²) >= 11 is 5.57. The molecule has 2 N–H and O–H groups in total. The lowest BCUT2D eigenvalue weighted by Gasteiger charge is -1.86. The second kappa shape index (κ2) is 2.10. The summed E-state index contributed by atoms with van der Waals surface area (Å²) in [6.45, 7) is 0. The first-order valence-electron chi connectivity index (χ1n) is 2.99. The molecule has 0 aliphatic heterocycles. The summed E-state index contributed by atoms with van der Waals surface area (Å²) in [5.41, 5.74) is 0.490. The van der Waals surface area contributed by atoms with E-state index in [0.717, 1.165) is 0 Å². The number of aromatic amines is 2. The van der Waals surface area contributed by atoms with Gasteiger partial charge in [0.25, 0.3) is 5.56 Å². The van der Waals surface area contributed by atoms with Gasteiger partial charge in [-0.3, -0.25) is 15.0 Å². The molecule has 0 saturated heterocycles. The van der Waals surface area contributed by atoms with Crippen LogP contribution in [-0.2, 0) is 0 Å². The molecule has 0 amide bonds. The van der Waals surface area contributed by atoms with Crippen LogP contribution in [0.4, 0.5) is 0 Å². The minimum absolute atomic E-state index is 0.177. The molecule has 2 rings (SSSR count). The third-order valence-electron chi connectivity index (χ3n) is 1.43. The second-order valence-electron chi connectivity index (χ2n) is 2.13. The van der Waals surface area contributed by atoms with Crippen LogP contribution in [0.15, 0.2) is 17.1 Å². The molecule has 56 valence electrons. The summed E-state index contributed by atoms with van der Waals surface area (Å²) in [4.78, 5) is 14.8. The van der Waals surface area contributed by atoms with Gasteiger partial charge in [0.15, 0.2) is 0 Å². The summed E-state index contributed by atoms with van der Waals surface area (Å²) < 4.78 is 0. The Balaban J connectivity index is 2.99. The molecule has 2 aromatic heterocycles. The Labute approximate surface area is 66.2 Å². The van der Waals surface area contributed by atoms with Crippen LogP contribution in [0.5, 0.6) is 0 Å². The molecule has 2 heterocycles. The number of rotatable bonds is 0. The summed E-state index contributed by atoms with van der Waals surface area (Å²) in [7, 11) is 0. The topological polar surface area (TPSA) is 61.5 Å². The minimum atomic E-state index is -0.177. The molecule has 0 saturated carbocycles. The average Bonchev–Trinajstić information content (AvgIpc) is 2.33. The number of pyridine rings is 1. The van der Waals surface area contributed by atoms with Crippen molar-refractivity contribution in [2.75, 3.05) is 0 Å². The number of nitrogens with zero attached hydrogens (tertiary/aromatic N) is 1. The van der Waals surface area contributed by atoms with Crippen LogP contribution in [0.3, 0.4) is 0 Å². The highest BCUT2D eigenvalue weighted by atomic mass is 35.5. The number of hydrogen-bond acceptors (Lipinski definition) is 2. The number of nitrogens with one attached hydrogen (secondary N) is 2. The van der Waals surface area contributed by atoms with Crippen molar-refractivity contribution in [1.82, 2.24) is 15.2 Å². The zero-order valence-corrected chi connectivity index (χ0v) is 6.14. The molecule has 5 heteroatoms. The van der Waals surface area contributed by atoms with E-state index < -0.39 is 0 Å². The van der Waals surface area contributed by atoms with Gasteiger partial charge in [-0.05, 0) is 6.07 Å². The van der Waals surface area contributed by atoms with E-state index in [1.165, 1.54) is 12.3 Å². The lowest BCUT2D eigenvalue weighted by atomic mass is 10.3. The molecule has 0 spiro atoms. The first-order valence-corrected chi connectivity index (χ1v) is 3.37. The second-order valence-corrected chi connectivity index (χ2v) is 2.52. The highest BCUT2D eigenvalue weighted by molar-refractivity contribution is 6.30. The SMILES string of the molecule is O=c1[nH][nH]c2cnc(Cl)cc12. The number of fused-ring (bicyclic) bond motifs is 1. The summed E-state index contributed by atoms with van der Waals surface area (Å²) in [5, 5.41) is 5.94. The minimum Gasteiger partial charge on any atom is -0.296 e. The van der Waals surface area contributed by atoms with Gasteiger partial charge < -0.3 is 0 Å². The highest BCUT2D eigenvalue weighted by Gasteiger charge is 2.00. The largest absolute Gasteiger partial charge is 0.296 e. The van der Waals surface area contributed by atoms with E-state index in [4.69, 9.17) is 11.6 Å². The van der Waals surface area contributed by atoms with Crippen LogP contribution in [0.1, 0.15) is 0 Å². The van der Waals surface area contributed by atoms with Crippen molar-refractivity contribution in [3.8, 4) is 0 Å². The zero-order valence-electron chi connectivity index (χ0n) is 5.39. The summed E-state index contributed by atoms with van der Waals surface area (Å²) in [5.74, 6) is 0. The Hall–Kier alpha value is -1.29. The molecule has 0 atom stereocenters. The Bertz CT molecular complexity index is 444. The Morgan fingerprint density at radius 2 is 2.27 bits per heavy atom. The number of aromatic nitrogens is 3. The normalized spacial score (nSPS) is 10.6. The van der Waals surface area contributed by atoms with Crippen LogP contribution in [0.25, 0.3) is 10.9 Å². The first kappa shape index (κ1) is 6.42. The molecule has 2 aromatic rings. The van der Waals surface area contributed by atoms with E-state index >= 15 is 0 Å². The van der Waals surface area contributed by atoms with Gasteiger partial charge in [0.05, 0.1) is 17.1 Å². The quantitative estimate of drug-likeness (QED) is 0.576. The maximum Gasteiger partial charge on any atom is 0.271 e. The molecule has 0 unspecified atom stereocenters. The fourth-order valence-corrected chi connectivity index (χ4v) is 1.07. The molecule has 0 fully saturated rings. The fraction of sp³-hybridized carbons (Fsp3) is 0. The van der Waals surface area contributed by atoms with Gasteiger partial charge in [-0.25, -0.2) is 4.98 Å². The Kier molecular flexibility index (Phi) is 1.22. The van der Waals surface area contributed by atoms with Crippen LogP contribution in [0, 0.1) is 0 Å². The number of halogens is 1. The van der Waals surface area contributed by atoms with E-state index in [-0.39, 0.29) is 5.56 Å². The third-order valence-corrected chi connectivity index (χ3v) is 1.63. The van der Waals surface area contributed by atoms with Crippen LogP contribution in [0.2, 0.25) is 5.15 Å². The molecule has 0 aromatic carbocycles. The molecule has 11 heavy (non-hydrogen) atoms. The summed E-state index contributed by atoms with van der Waals surface area (Å²) in [6, 6.07) is 1.52. The van der Waals surface area contributed by atoms with Gasteiger partial charge in [-0.1, -0.05) is 11.6 Å². The molecular formula is C6H4ClN3O. The van der Waals surface area contributed by atoms with Crippen molar-refractivity contribution < 1.29 is 0 Å². The van der Waals surface area contributed by atoms with E-state index in [0.29, 0.717) is 16.1 Å². The van der Waals surface area contributed by atoms with Gasteiger partial charge in [0.2, 0.25) is 0 Å². The molecule has 0 bridgehead atoms. The smallest absolute Gasteiger partial charge is 0.271 e. The third kappa shape index (κ3) is 0.914. The van der Waals surface area contributed by atoms with Gasteiger partial charge >= 0.3 is 0 Å². The summed E-state index contributed by atoms with van der Waals surface area (Å²) in [6.07, 6.45) is 1.51. The van der Waals surface area contributed by atoms with Crippen LogP contribution in [-0.4, -0.2) is 15.2 Å². The van der Waals surface area contributed by atoms with Gasteiger partial charge in [0.1, 0.15) is 5.15 Å². The van der Waals surface area contributed by atoms with Crippen LogP contribution < -0.4 is 5.56 Å². The van der Waals surface area contributed by atoms with Crippen molar-refractivity contribution in [3.63, 3.8) is 0 Å². The van der Waals surface area contributed by atoms with Crippen molar-refractivity contribution in [1.29, 1.82) is 0 Å². The van der Waals surface area contributed by atoms with Crippen molar-refractivity contribution in [2.45, 2.75) is 0 Å². The first-order chi connectivity index (χ1) is 5.27. The predicted molar refractivity (Wildman–Crippen MR) is 41.7 cm³/mol. The molecular weight excluding hydrogens is 166 g/mol. The standard InChI is InChI=1S/C6H4ClN3O/c7-5-1-3-4(2-8-5)9-10-6(3)11/h1-2H,(H2,9,10,11).